The van der Waals surface area contributed by atoms with Crippen molar-refractivity contribution in [2.45, 2.75) is 38.6 Å². The number of carbonyl (C=O) groups excluding carboxylic acids is 1. The normalized spacial score (nSPS) is 14.8. The lowest BCUT2D eigenvalue weighted by atomic mass is 9.93. The first-order valence-electron chi connectivity index (χ1n) is 7.93. The van der Waals surface area contributed by atoms with E-state index >= 15 is 0 Å². The number of nitrogens with one attached hydrogen (secondary N) is 1. The number of fused-ring (bicyclic) bond motifs is 1. The summed E-state index contributed by atoms with van der Waals surface area (Å²) in [6.07, 6.45) is 8.66. The van der Waals surface area contributed by atoms with Crippen LogP contribution in [0.25, 0.3) is 0 Å². The van der Waals surface area contributed by atoms with Crippen LogP contribution in [0.4, 0.5) is 5.69 Å². The Hall–Kier alpha value is -1.29. The monoisotopic (exact) mass is 383 g/mol. The summed E-state index contributed by atoms with van der Waals surface area (Å²) in [7, 11) is 0. The maximum Gasteiger partial charge on any atom is 0.293 e. The van der Waals surface area contributed by atoms with Crippen LogP contribution in [0.3, 0.4) is 0 Å². The summed E-state index contributed by atoms with van der Waals surface area (Å²) in [6.45, 7) is 1.85. The highest BCUT2D eigenvalue weighted by Gasteiger charge is 2.25. The Morgan fingerprint density at radius 3 is 2.42 bits per heavy atom. The van der Waals surface area contributed by atoms with Gasteiger partial charge in [0.25, 0.3) is 5.91 Å². The standard InChI is InChI=1S/C18H17Cl3N2O/c1-11(23-7-6-12-4-2-3-5-13(12)10-23)18(24)22-17-15(20)8-14(19)9-16(17)21/h6-11H,2-5H2,1H3/p+1/t11-/m0/s1. The van der Waals surface area contributed by atoms with Crippen molar-refractivity contribution in [3.63, 3.8) is 0 Å². The smallest absolute Gasteiger partial charge is 0.293 e. The van der Waals surface area contributed by atoms with E-state index in [1.165, 1.54) is 24.0 Å². The highest BCUT2D eigenvalue weighted by molar-refractivity contribution is 6.42. The van der Waals surface area contributed by atoms with Gasteiger partial charge >= 0.3 is 0 Å². The zero-order valence-corrected chi connectivity index (χ0v) is 15.5. The van der Waals surface area contributed by atoms with Gasteiger partial charge in [-0.2, -0.15) is 4.57 Å². The Balaban J connectivity index is 1.80. The maximum atomic E-state index is 12.6. The van der Waals surface area contributed by atoms with Crippen LogP contribution in [0, 0.1) is 0 Å². The molecule has 3 rings (SSSR count). The number of nitrogens with zero attached hydrogens (tertiary/aromatic N) is 1. The van der Waals surface area contributed by atoms with Crippen molar-refractivity contribution in [1.29, 1.82) is 0 Å². The molecule has 1 heterocycles. The summed E-state index contributed by atoms with van der Waals surface area (Å²) in [5.41, 5.74) is 3.10. The van der Waals surface area contributed by atoms with Crippen molar-refractivity contribution < 1.29 is 9.36 Å². The van der Waals surface area contributed by atoms with E-state index in [1.807, 2.05) is 17.7 Å². The van der Waals surface area contributed by atoms with E-state index in [4.69, 9.17) is 34.8 Å². The minimum Gasteiger partial charge on any atom is -0.318 e. The molecule has 0 saturated carbocycles. The molecule has 0 aliphatic heterocycles. The van der Waals surface area contributed by atoms with E-state index < -0.39 is 0 Å². The van der Waals surface area contributed by atoms with E-state index in [0.29, 0.717) is 20.8 Å². The fourth-order valence-electron chi connectivity index (χ4n) is 2.95. The molecule has 1 atom stereocenters. The van der Waals surface area contributed by atoms with Crippen LogP contribution in [-0.4, -0.2) is 5.91 Å². The average molecular weight is 385 g/mol. The topological polar surface area (TPSA) is 33.0 Å². The van der Waals surface area contributed by atoms with Gasteiger partial charge in [-0.1, -0.05) is 34.8 Å². The molecule has 1 N–H and O–H groups in total. The largest absolute Gasteiger partial charge is 0.318 e. The molecule has 6 heteroatoms. The Morgan fingerprint density at radius 1 is 1.12 bits per heavy atom. The molecular weight excluding hydrogens is 367 g/mol. The first kappa shape index (κ1) is 17.5. The van der Waals surface area contributed by atoms with Gasteiger partial charge in [0.15, 0.2) is 12.4 Å². The molecule has 0 unspecified atom stereocenters. The average Bonchev–Trinajstić information content (AvgIpc) is 2.56. The van der Waals surface area contributed by atoms with E-state index in [1.54, 1.807) is 12.1 Å². The van der Waals surface area contributed by atoms with Gasteiger partial charge in [-0.25, -0.2) is 0 Å². The van der Waals surface area contributed by atoms with Crippen molar-refractivity contribution in [2.75, 3.05) is 5.32 Å². The number of amides is 1. The molecule has 24 heavy (non-hydrogen) atoms. The lowest BCUT2D eigenvalue weighted by Gasteiger charge is -2.16. The van der Waals surface area contributed by atoms with Crippen molar-refractivity contribution in [2.24, 2.45) is 0 Å². The predicted molar refractivity (Wildman–Crippen MR) is 98.1 cm³/mol. The molecule has 0 radical (unpaired) electrons. The SMILES string of the molecule is C[C@@H](C(=O)Nc1c(Cl)cc(Cl)cc1Cl)[n+]1ccc2c(c1)CCCC2. The maximum absolute atomic E-state index is 12.6. The van der Waals surface area contributed by atoms with E-state index in [-0.39, 0.29) is 11.9 Å². The summed E-state index contributed by atoms with van der Waals surface area (Å²) >= 11 is 18.2. The number of carbonyl (C=O) groups is 1. The van der Waals surface area contributed by atoms with E-state index in [9.17, 15) is 4.79 Å². The first-order chi connectivity index (χ1) is 11.5. The lowest BCUT2D eigenvalue weighted by molar-refractivity contribution is -0.706. The fourth-order valence-corrected chi connectivity index (χ4v) is 3.87. The zero-order valence-electron chi connectivity index (χ0n) is 13.3. The van der Waals surface area contributed by atoms with Crippen molar-refractivity contribution in [1.82, 2.24) is 0 Å². The Bertz CT molecular complexity index is 769. The molecule has 1 aromatic heterocycles. The minimum atomic E-state index is -0.375. The molecule has 0 saturated heterocycles. The highest BCUT2D eigenvalue weighted by Crippen LogP contribution is 2.34. The third-order valence-corrected chi connectivity index (χ3v) is 5.20. The summed E-state index contributed by atoms with van der Waals surface area (Å²) in [5, 5.41) is 3.88. The zero-order chi connectivity index (χ0) is 17.3. The van der Waals surface area contributed by atoms with Crippen molar-refractivity contribution in [3.8, 4) is 0 Å². The number of aryl methyl sites for hydroxylation is 2. The summed E-state index contributed by atoms with van der Waals surface area (Å²) in [4.78, 5) is 12.6. The first-order valence-corrected chi connectivity index (χ1v) is 9.07. The number of hydrogen-bond donors (Lipinski definition) is 1. The number of aromatic nitrogens is 1. The molecule has 1 aliphatic carbocycles. The van der Waals surface area contributed by atoms with Gasteiger partial charge in [-0.3, -0.25) is 4.79 Å². The Morgan fingerprint density at radius 2 is 1.75 bits per heavy atom. The number of anilines is 1. The van der Waals surface area contributed by atoms with E-state index in [0.717, 1.165) is 12.8 Å². The van der Waals surface area contributed by atoms with Crippen LogP contribution >= 0.6 is 34.8 Å². The van der Waals surface area contributed by atoms with Gasteiger partial charge in [0.2, 0.25) is 6.04 Å². The van der Waals surface area contributed by atoms with Crippen LogP contribution in [-0.2, 0) is 17.6 Å². The van der Waals surface area contributed by atoms with Gasteiger partial charge in [-0.15, -0.1) is 0 Å². The van der Waals surface area contributed by atoms with Crippen LogP contribution in [0.5, 0.6) is 0 Å². The summed E-state index contributed by atoms with van der Waals surface area (Å²) in [5.74, 6) is -0.179. The number of pyridine rings is 1. The Kier molecular flexibility index (Phi) is 5.33. The molecule has 0 fully saturated rings. The predicted octanol–water partition coefficient (Wildman–Crippen LogP) is 5.01. The molecule has 1 aliphatic rings. The number of hydrogen-bond acceptors (Lipinski definition) is 1. The van der Waals surface area contributed by atoms with Gasteiger partial charge in [0.1, 0.15) is 0 Å². The second-order valence-electron chi connectivity index (χ2n) is 6.06. The highest BCUT2D eigenvalue weighted by atomic mass is 35.5. The molecule has 3 nitrogen and oxygen atoms in total. The molecule has 1 aromatic carbocycles. The van der Waals surface area contributed by atoms with Crippen LogP contribution < -0.4 is 9.88 Å². The second kappa shape index (κ2) is 7.30. The van der Waals surface area contributed by atoms with Gasteiger partial charge in [-0.05, 0) is 43.4 Å². The van der Waals surface area contributed by atoms with Gasteiger partial charge < -0.3 is 5.32 Å². The minimum absolute atomic E-state index is 0.179. The molecule has 0 bridgehead atoms. The molecule has 126 valence electrons. The summed E-state index contributed by atoms with van der Waals surface area (Å²) in [6, 6.07) is 4.85. The van der Waals surface area contributed by atoms with Crippen LogP contribution in [0.1, 0.15) is 36.9 Å². The van der Waals surface area contributed by atoms with Crippen LogP contribution in [0.2, 0.25) is 15.1 Å². The summed E-state index contributed by atoms with van der Waals surface area (Å²) < 4.78 is 1.93. The molecular formula is C18H18Cl3N2O+. The molecule has 2 aromatic rings. The van der Waals surface area contributed by atoms with Gasteiger partial charge in [0, 0.05) is 23.6 Å². The molecule has 1 amide bonds. The second-order valence-corrected chi connectivity index (χ2v) is 7.31. The van der Waals surface area contributed by atoms with Crippen LogP contribution in [0.15, 0.2) is 30.6 Å². The van der Waals surface area contributed by atoms with Crippen molar-refractivity contribution >= 4 is 46.4 Å². The number of benzene rings is 1. The quantitative estimate of drug-likeness (QED) is 0.741. The third kappa shape index (κ3) is 3.69. The van der Waals surface area contributed by atoms with E-state index in [2.05, 4.69) is 17.6 Å². The fraction of sp³-hybridized carbons (Fsp3) is 0.333. The Labute approximate surface area is 156 Å². The lowest BCUT2D eigenvalue weighted by Crippen LogP contribution is -2.44. The number of rotatable bonds is 3. The van der Waals surface area contributed by atoms with Crippen molar-refractivity contribution in [3.05, 3.63) is 56.8 Å². The number of halogens is 3. The van der Waals surface area contributed by atoms with Gasteiger partial charge in [0.05, 0.1) is 15.7 Å². The molecule has 0 spiro atoms. The third-order valence-electron chi connectivity index (χ3n) is 4.39.